The van der Waals surface area contributed by atoms with Gasteiger partial charge in [0.25, 0.3) is 0 Å². The van der Waals surface area contributed by atoms with Gasteiger partial charge in [-0.05, 0) is 45.6 Å². The van der Waals surface area contributed by atoms with Crippen LogP contribution < -0.4 is 5.32 Å². The van der Waals surface area contributed by atoms with Gasteiger partial charge in [-0.15, -0.1) is 0 Å². The molecule has 3 nitrogen and oxygen atoms in total. The third kappa shape index (κ3) is 4.20. The lowest BCUT2D eigenvalue weighted by atomic mass is 9.93. The number of allylic oxidation sites excluding steroid dienone is 1. The number of nitrogens with zero attached hydrogens (tertiary/aromatic N) is 2. The number of hydrogen-bond donors (Lipinski definition) is 1. The maximum atomic E-state index is 4.52. The molecule has 0 aromatic carbocycles. The molecule has 1 atom stereocenters. The van der Waals surface area contributed by atoms with E-state index in [0.717, 1.165) is 13.0 Å². The zero-order valence-electron chi connectivity index (χ0n) is 12.4. The van der Waals surface area contributed by atoms with Gasteiger partial charge in [0.05, 0.1) is 0 Å². The van der Waals surface area contributed by atoms with Gasteiger partial charge in [-0.3, -0.25) is 0 Å². The van der Waals surface area contributed by atoms with E-state index in [1.807, 2.05) is 6.20 Å². The van der Waals surface area contributed by atoms with E-state index in [4.69, 9.17) is 0 Å². The highest BCUT2D eigenvalue weighted by Gasteiger charge is 2.14. The quantitative estimate of drug-likeness (QED) is 0.763. The first-order chi connectivity index (χ1) is 9.33. The van der Waals surface area contributed by atoms with Crippen molar-refractivity contribution >= 4 is 0 Å². The van der Waals surface area contributed by atoms with Crippen LogP contribution in [0.25, 0.3) is 0 Å². The zero-order chi connectivity index (χ0) is 13.5. The van der Waals surface area contributed by atoms with Crippen molar-refractivity contribution in [3.63, 3.8) is 0 Å². The van der Waals surface area contributed by atoms with E-state index in [1.54, 1.807) is 5.57 Å². The summed E-state index contributed by atoms with van der Waals surface area (Å²) >= 11 is 0. The Morgan fingerprint density at radius 3 is 2.95 bits per heavy atom. The molecule has 0 saturated carbocycles. The van der Waals surface area contributed by atoms with Gasteiger partial charge >= 0.3 is 0 Å². The minimum atomic E-state index is 0.516. The minimum Gasteiger partial charge on any atom is -0.335 e. The first-order valence-corrected chi connectivity index (χ1v) is 7.68. The third-order valence-corrected chi connectivity index (χ3v) is 4.00. The molecule has 1 aliphatic rings. The molecule has 0 radical (unpaired) electrons. The standard InChI is InChI=1S/C16H27N3/c1-3-10-19-11-9-18-16(19)13-15(17-2)12-14-7-5-4-6-8-14/h7,9,11,15,17H,3-6,8,10,12-13H2,1-2H3. The van der Waals surface area contributed by atoms with Gasteiger partial charge in [-0.1, -0.05) is 18.6 Å². The van der Waals surface area contributed by atoms with Crippen molar-refractivity contribution in [2.45, 2.75) is 64.5 Å². The molecule has 19 heavy (non-hydrogen) atoms. The molecule has 106 valence electrons. The van der Waals surface area contributed by atoms with E-state index in [2.05, 4.69) is 41.1 Å². The third-order valence-electron chi connectivity index (χ3n) is 4.00. The van der Waals surface area contributed by atoms with Gasteiger partial charge in [0.1, 0.15) is 5.82 Å². The van der Waals surface area contributed by atoms with Crippen LogP contribution in [0.5, 0.6) is 0 Å². The summed E-state index contributed by atoms with van der Waals surface area (Å²) in [5, 5.41) is 3.46. The fourth-order valence-corrected chi connectivity index (χ4v) is 2.88. The molecule has 1 N–H and O–H groups in total. The van der Waals surface area contributed by atoms with Crippen LogP contribution in [0.4, 0.5) is 0 Å². The molecule has 0 aliphatic heterocycles. The molecule has 0 bridgehead atoms. The largest absolute Gasteiger partial charge is 0.335 e. The number of likely N-dealkylation sites (N-methyl/N-ethyl adjacent to an activating group) is 1. The van der Waals surface area contributed by atoms with Gasteiger partial charge in [0, 0.05) is 31.4 Å². The van der Waals surface area contributed by atoms with E-state index in [9.17, 15) is 0 Å². The van der Waals surface area contributed by atoms with Crippen LogP contribution in [-0.4, -0.2) is 22.6 Å². The zero-order valence-corrected chi connectivity index (χ0v) is 12.4. The van der Waals surface area contributed by atoms with E-state index >= 15 is 0 Å². The summed E-state index contributed by atoms with van der Waals surface area (Å²) < 4.78 is 2.29. The highest BCUT2D eigenvalue weighted by molar-refractivity contribution is 5.08. The van der Waals surface area contributed by atoms with Crippen LogP contribution in [0.1, 0.15) is 51.3 Å². The van der Waals surface area contributed by atoms with Gasteiger partial charge in [-0.2, -0.15) is 0 Å². The van der Waals surface area contributed by atoms with Crippen LogP contribution >= 0.6 is 0 Å². The topological polar surface area (TPSA) is 29.9 Å². The first kappa shape index (κ1) is 14.3. The maximum absolute atomic E-state index is 4.52. The highest BCUT2D eigenvalue weighted by Crippen LogP contribution is 2.22. The summed E-state index contributed by atoms with van der Waals surface area (Å²) in [6.45, 7) is 3.29. The molecule has 2 rings (SSSR count). The van der Waals surface area contributed by atoms with Crippen molar-refractivity contribution in [1.29, 1.82) is 0 Å². The Balaban J connectivity index is 1.94. The number of aromatic nitrogens is 2. The second kappa shape index (κ2) is 7.49. The molecule has 1 aromatic heterocycles. The fourth-order valence-electron chi connectivity index (χ4n) is 2.88. The van der Waals surface area contributed by atoms with Gasteiger partial charge in [0.15, 0.2) is 0 Å². The maximum Gasteiger partial charge on any atom is 0.110 e. The van der Waals surface area contributed by atoms with Crippen LogP contribution in [-0.2, 0) is 13.0 Å². The summed E-state index contributed by atoms with van der Waals surface area (Å²) in [6, 6.07) is 0.516. The van der Waals surface area contributed by atoms with E-state index in [0.29, 0.717) is 6.04 Å². The lowest BCUT2D eigenvalue weighted by Crippen LogP contribution is -2.29. The summed E-state index contributed by atoms with van der Waals surface area (Å²) in [6.07, 6.45) is 15.2. The molecular formula is C16H27N3. The molecule has 1 heterocycles. The summed E-state index contributed by atoms with van der Waals surface area (Å²) in [5.41, 5.74) is 1.64. The van der Waals surface area contributed by atoms with Gasteiger partial charge in [-0.25, -0.2) is 4.98 Å². The first-order valence-electron chi connectivity index (χ1n) is 7.68. The Hall–Kier alpha value is -1.09. The predicted octanol–water partition coefficient (Wildman–Crippen LogP) is 3.31. The Kier molecular flexibility index (Phi) is 5.64. The van der Waals surface area contributed by atoms with Crippen LogP contribution in [0, 0.1) is 0 Å². The average molecular weight is 261 g/mol. The van der Waals surface area contributed by atoms with Gasteiger partial charge < -0.3 is 9.88 Å². The smallest absolute Gasteiger partial charge is 0.110 e. The molecule has 0 saturated heterocycles. The molecular weight excluding hydrogens is 234 g/mol. The normalized spacial score (nSPS) is 17.3. The summed E-state index contributed by atoms with van der Waals surface area (Å²) in [4.78, 5) is 4.52. The Morgan fingerprint density at radius 1 is 1.37 bits per heavy atom. The molecule has 1 aromatic rings. The number of nitrogens with one attached hydrogen (secondary N) is 1. The Labute approximate surface area is 117 Å². The molecule has 0 fully saturated rings. The van der Waals surface area contributed by atoms with Crippen molar-refractivity contribution in [2.24, 2.45) is 0 Å². The second-order valence-electron chi connectivity index (χ2n) is 5.54. The Morgan fingerprint density at radius 2 is 2.26 bits per heavy atom. The van der Waals surface area contributed by atoms with Crippen LogP contribution in [0.3, 0.4) is 0 Å². The molecule has 0 spiro atoms. The molecule has 1 aliphatic carbocycles. The van der Waals surface area contributed by atoms with E-state index in [-0.39, 0.29) is 0 Å². The monoisotopic (exact) mass is 261 g/mol. The number of imidazole rings is 1. The fraction of sp³-hybridized carbons (Fsp3) is 0.688. The van der Waals surface area contributed by atoms with Crippen molar-refractivity contribution in [2.75, 3.05) is 7.05 Å². The molecule has 3 heteroatoms. The van der Waals surface area contributed by atoms with Crippen molar-refractivity contribution in [3.05, 3.63) is 29.9 Å². The second-order valence-corrected chi connectivity index (χ2v) is 5.54. The molecule has 0 amide bonds. The van der Waals surface area contributed by atoms with Gasteiger partial charge in [0.2, 0.25) is 0 Å². The van der Waals surface area contributed by atoms with E-state index in [1.165, 1.54) is 44.3 Å². The Bertz CT molecular complexity index is 406. The predicted molar refractivity (Wildman–Crippen MR) is 80.2 cm³/mol. The van der Waals surface area contributed by atoms with Crippen molar-refractivity contribution in [3.8, 4) is 0 Å². The van der Waals surface area contributed by atoms with Crippen LogP contribution in [0.2, 0.25) is 0 Å². The van der Waals surface area contributed by atoms with Crippen molar-refractivity contribution in [1.82, 2.24) is 14.9 Å². The SMILES string of the molecule is CCCn1ccnc1CC(CC1=CCCCC1)NC. The minimum absolute atomic E-state index is 0.516. The number of rotatable bonds is 7. The van der Waals surface area contributed by atoms with E-state index < -0.39 is 0 Å². The lowest BCUT2D eigenvalue weighted by Gasteiger charge is -2.20. The molecule has 1 unspecified atom stereocenters. The number of aryl methyl sites for hydroxylation is 1. The average Bonchev–Trinajstić information content (AvgIpc) is 2.87. The number of hydrogen-bond acceptors (Lipinski definition) is 2. The van der Waals surface area contributed by atoms with Crippen LogP contribution in [0.15, 0.2) is 24.0 Å². The highest BCUT2D eigenvalue weighted by atomic mass is 15.1. The van der Waals surface area contributed by atoms with Crippen molar-refractivity contribution < 1.29 is 0 Å². The summed E-state index contributed by atoms with van der Waals surface area (Å²) in [7, 11) is 2.07. The lowest BCUT2D eigenvalue weighted by molar-refractivity contribution is 0.505. The summed E-state index contributed by atoms with van der Waals surface area (Å²) in [5.74, 6) is 1.22.